The zero-order valence-corrected chi connectivity index (χ0v) is 17.1. The van der Waals surface area contributed by atoms with Crippen molar-refractivity contribution in [3.05, 3.63) is 23.8 Å². The van der Waals surface area contributed by atoms with Gasteiger partial charge in [-0.25, -0.2) is 0 Å². The van der Waals surface area contributed by atoms with E-state index in [4.69, 9.17) is 0 Å². The van der Waals surface area contributed by atoms with Crippen molar-refractivity contribution in [1.82, 2.24) is 0 Å². The first-order valence-corrected chi connectivity index (χ1v) is 10.7. The van der Waals surface area contributed by atoms with Crippen LogP contribution in [0.25, 0.3) is 0 Å². The fourth-order valence-electron chi connectivity index (χ4n) is 5.42. The molecule has 28 heavy (non-hydrogen) atoms. The van der Waals surface area contributed by atoms with Crippen LogP contribution >= 0.6 is 0 Å². The van der Waals surface area contributed by atoms with Gasteiger partial charge < -0.3 is 9.84 Å². The molecule has 0 amide bonds. The molecule has 1 N–H and O–H groups in total. The molecule has 0 heterocycles. The van der Waals surface area contributed by atoms with Crippen LogP contribution in [0.15, 0.2) is 23.8 Å². The summed E-state index contributed by atoms with van der Waals surface area (Å²) in [6.45, 7) is 1.98. The van der Waals surface area contributed by atoms with E-state index in [0.717, 1.165) is 44.9 Å². The van der Waals surface area contributed by atoms with Crippen LogP contribution in [0.3, 0.4) is 0 Å². The molecule has 3 aliphatic rings. The fraction of sp³-hybridized carbons (Fsp3) is 0.667. The number of hydrogen-bond acceptors (Lipinski definition) is 4. The number of unbranched alkanes of at least 4 members (excludes halogenated alkanes) is 4. The van der Waals surface area contributed by atoms with Crippen molar-refractivity contribution in [2.75, 3.05) is 7.11 Å². The standard InChI is InChI=1S/C24H32O4/c1-3-4-8-11-19-23(26)21-17-13-14-18(16-17)22(21)24(19,27)15-10-7-5-6-9-12-20(25)28-2/h11,13-14,17-18,21-22,27H,3,5-7,9-10,12,15-16H2,1-2H3/b19-11-/t17-,18+,21?,22?,24-/m0/s1. The Morgan fingerprint density at radius 2 is 1.96 bits per heavy atom. The van der Waals surface area contributed by atoms with E-state index in [1.165, 1.54) is 7.11 Å². The van der Waals surface area contributed by atoms with Crippen molar-refractivity contribution >= 4 is 11.8 Å². The number of fused-ring (bicyclic) bond motifs is 5. The Morgan fingerprint density at radius 3 is 2.71 bits per heavy atom. The molecule has 2 unspecified atom stereocenters. The quantitative estimate of drug-likeness (QED) is 0.226. The highest BCUT2D eigenvalue weighted by molar-refractivity contribution is 6.03. The molecular weight excluding hydrogens is 352 g/mol. The summed E-state index contributed by atoms with van der Waals surface area (Å²) in [7, 11) is 1.42. The number of carbonyl (C=O) groups is 2. The molecule has 2 bridgehead atoms. The number of methoxy groups -OCH3 is 1. The normalized spacial score (nSPS) is 33.8. The highest BCUT2D eigenvalue weighted by Crippen LogP contribution is 2.60. The maximum Gasteiger partial charge on any atom is 0.305 e. The van der Waals surface area contributed by atoms with Gasteiger partial charge in [0, 0.05) is 30.3 Å². The van der Waals surface area contributed by atoms with Gasteiger partial charge in [-0.3, -0.25) is 9.59 Å². The number of ether oxygens (including phenoxy) is 1. The molecule has 0 aromatic rings. The summed E-state index contributed by atoms with van der Waals surface area (Å²) in [4.78, 5) is 24.2. The van der Waals surface area contributed by atoms with E-state index in [0.29, 0.717) is 24.3 Å². The molecule has 0 spiro atoms. The lowest BCUT2D eigenvalue weighted by molar-refractivity contribution is -0.140. The number of allylic oxidation sites excluding steroid dienone is 3. The van der Waals surface area contributed by atoms with Crippen LogP contribution in [0, 0.1) is 35.5 Å². The van der Waals surface area contributed by atoms with Crippen molar-refractivity contribution in [2.24, 2.45) is 23.7 Å². The summed E-state index contributed by atoms with van der Waals surface area (Å²) in [5, 5.41) is 11.7. The maximum absolute atomic E-state index is 13.1. The molecule has 4 heteroatoms. The van der Waals surface area contributed by atoms with Gasteiger partial charge in [-0.2, -0.15) is 0 Å². The van der Waals surface area contributed by atoms with E-state index in [1.54, 1.807) is 6.08 Å². The molecule has 0 saturated heterocycles. The lowest BCUT2D eigenvalue weighted by atomic mass is 9.75. The summed E-state index contributed by atoms with van der Waals surface area (Å²) in [5.41, 5.74) is -0.493. The van der Waals surface area contributed by atoms with Crippen LogP contribution < -0.4 is 0 Å². The largest absolute Gasteiger partial charge is 0.469 e. The van der Waals surface area contributed by atoms with Crippen LogP contribution in [-0.4, -0.2) is 29.6 Å². The number of Topliss-reactive ketones (excluding diaryl/α,β-unsaturated/α-hetero) is 1. The van der Waals surface area contributed by atoms with E-state index in [9.17, 15) is 14.7 Å². The minimum atomic E-state index is -1.04. The fourth-order valence-corrected chi connectivity index (χ4v) is 5.42. The Labute approximate surface area is 168 Å². The monoisotopic (exact) mass is 384 g/mol. The highest BCUT2D eigenvalue weighted by Gasteiger charge is 2.64. The zero-order chi connectivity index (χ0) is 20.1. The molecule has 2 saturated carbocycles. The van der Waals surface area contributed by atoms with E-state index in [1.807, 2.05) is 6.92 Å². The predicted octanol–water partition coefficient (Wildman–Crippen LogP) is 3.98. The van der Waals surface area contributed by atoms with E-state index in [2.05, 4.69) is 28.7 Å². The summed E-state index contributed by atoms with van der Waals surface area (Å²) in [6, 6.07) is 0. The molecule has 0 aliphatic heterocycles. The summed E-state index contributed by atoms with van der Waals surface area (Å²) >= 11 is 0. The Bertz CT molecular complexity index is 723. The average Bonchev–Trinajstić information content (AvgIpc) is 3.36. The predicted molar refractivity (Wildman–Crippen MR) is 108 cm³/mol. The topological polar surface area (TPSA) is 63.6 Å². The number of aliphatic hydroxyl groups is 1. The number of esters is 1. The molecule has 4 nitrogen and oxygen atoms in total. The summed E-state index contributed by atoms with van der Waals surface area (Å²) < 4.78 is 4.66. The third-order valence-corrected chi connectivity index (χ3v) is 6.71. The second kappa shape index (κ2) is 9.09. The van der Waals surface area contributed by atoms with Crippen LogP contribution in [0.1, 0.15) is 64.7 Å². The Hall–Kier alpha value is -1.86. The van der Waals surface area contributed by atoms with Gasteiger partial charge >= 0.3 is 5.97 Å². The third-order valence-electron chi connectivity index (χ3n) is 6.71. The van der Waals surface area contributed by atoms with Gasteiger partial charge in [0.2, 0.25) is 0 Å². The summed E-state index contributed by atoms with van der Waals surface area (Å²) in [6.07, 6.45) is 13.6. The molecule has 0 aromatic heterocycles. The maximum atomic E-state index is 13.1. The van der Waals surface area contributed by atoms with Crippen molar-refractivity contribution in [3.63, 3.8) is 0 Å². The van der Waals surface area contributed by atoms with Crippen LogP contribution in [0.2, 0.25) is 0 Å². The Balaban J connectivity index is 1.61. The van der Waals surface area contributed by atoms with Gasteiger partial charge in [-0.1, -0.05) is 56.6 Å². The lowest BCUT2D eigenvalue weighted by Crippen LogP contribution is -2.39. The van der Waals surface area contributed by atoms with Crippen LogP contribution in [-0.2, 0) is 14.3 Å². The molecule has 3 rings (SSSR count). The number of carbonyl (C=O) groups excluding carboxylic acids is 2. The van der Waals surface area contributed by atoms with E-state index < -0.39 is 5.60 Å². The van der Waals surface area contributed by atoms with Gasteiger partial charge in [0.15, 0.2) is 5.78 Å². The first-order chi connectivity index (χ1) is 13.5. The van der Waals surface area contributed by atoms with Gasteiger partial charge in [-0.05, 0) is 37.2 Å². The SMILES string of the molecule is CCC#C/C=C1/C(=O)C2C([C@@H]3C=C[C@H]2C3)[C@]1(O)CCCCCCCC(=O)OC. The van der Waals surface area contributed by atoms with Gasteiger partial charge in [0.1, 0.15) is 0 Å². The number of ketones is 1. The number of rotatable bonds is 8. The van der Waals surface area contributed by atoms with Crippen molar-refractivity contribution < 1.29 is 19.4 Å². The third kappa shape index (κ3) is 3.96. The summed E-state index contributed by atoms with van der Waals surface area (Å²) in [5.74, 6) is 6.50. The van der Waals surface area contributed by atoms with Gasteiger partial charge in [-0.15, -0.1) is 0 Å². The molecule has 3 aliphatic carbocycles. The first kappa shape index (κ1) is 20.9. The first-order valence-electron chi connectivity index (χ1n) is 10.7. The van der Waals surface area contributed by atoms with E-state index in [-0.39, 0.29) is 29.5 Å². The van der Waals surface area contributed by atoms with Crippen LogP contribution in [0.4, 0.5) is 0 Å². The number of hydrogen-bond donors (Lipinski definition) is 1. The lowest BCUT2D eigenvalue weighted by Gasteiger charge is -2.34. The highest BCUT2D eigenvalue weighted by atomic mass is 16.5. The molecule has 0 radical (unpaired) electrons. The van der Waals surface area contributed by atoms with Crippen LogP contribution in [0.5, 0.6) is 0 Å². The minimum absolute atomic E-state index is 0.0176. The van der Waals surface area contributed by atoms with Gasteiger partial charge in [0.05, 0.1) is 12.7 Å². The molecule has 5 atom stereocenters. The molecule has 2 fully saturated rings. The van der Waals surface area contributed by atoms with Crippen molar-refractivity contribution in [1.29, 1.82) is 0 Å². The second-order valence-electron chi connectivity index (χ2n) is 8.36. The van der Waals surface area contributed by atoms with Crippen molar-refractivity contribution in [3.8, 4) is 11.8 Å². The Kier molecular flexibility index (Phi) is 6.78. The molecule has 0 aromatic carbocycles. The van der Waals surface area contributed by atoms with Gasteiger partial charge in [0.25, 0.3) is 0 Å². The minimum Gasteiger partial charge on any atom is -0.469 e. The van der Waals surface area contributed by atoms with Crippen molar-refractivity contribution in [2.45, 2.75) is 70.3 Å². The second-order valence-corrected chi connectivity index (χ2v) is 8.36. The Morgan fingerprint density at radius 1 is 1.25 bits per heavy atom. The molecular formula is C24H32O4. The smallest absolute Gasteiger partial charge is 0.305 e. The molecule has 152 valence electrons. The van der Waals surface area contributed by atoms with E-state index >= 15 is 0 Å². The average molecular weight is 385 g/mol. The zero-order valence-electron chi connectivity index (χ0n) is 17.1.